The number of hydrogen-bond donors (Lipinski definition) is 0. The Hall–Kier alpha value is -0.500. The van der Waals surface area contributed by atoms with E-state index in [1.807, 2.05) is 0 Å². The largest absolute Gasteiger partial charge is 0.375 e. The molecule has 2 nitrogen and oxygen atoms in total. The van der Waals surface area contributed by atoms with Crippen LogP contribution in [0.1, 0.15) is 66.2 Å². The molecule has 0 aromatic carbocycles. The van der Waals surface area contributed by atoms with Gasteiger partial charge in [0.05, 0.1) is 0 Å². The fourth-order valence-electron chi connectivity index (χ4n) is 4.11. The van der Waals surface area contributed by atoms with E-state index in [1.54, 1.807) is 0 Å². The van der Waals surface area contributed by atoms with Crippen LogP contribution in [0.2, 0.25) is 0 Å². The molecule has 0 amide bonds. The summed E-state index contributed by atoms with van der Waals surface area (Å²) in [4.78, 5) is 5.26. The number of allylic oxidation sites excluding steroid dienone is 1. The van der Waals surface area contributed by atoms with E-state index in [2.05, 4.69) is 44.1 Å². The van der Waals surface area contributed by atoms with E-state index in [1.165, 1.54) is 76.9 Å². The standard InChI is InChI=1S/C20H38N2/c1-17(2)7-6-12-21-13-8-20(9-14-21)10-15-22(16-11-20)19(5)18(3)4/h17-18H,5-16H2,1-4H3. The van der Waals surface area contributed by atoms with E-state index in [9.17, 15) is 0 Å². The van der Waals surface area contributed by atoms with Crippen molar-refractivity contribution in [1.82, 2.24) is 9.80 Å². The Balaban J connectivity index is 1.72. The van der Waals surface area contributed by atoms with E-state index in [0.717, 1.165) is 5.92 Å². The van der Waals surface area contributed by atoms with Crippen molar-refractivity contribution < 1.29 is 0 Å². The molecule has 0 radical (unpaired) electrons. The first-order valence-corrected chi connectivity index (χ1v) is 9.58. The van der Waals surface area contributed by atoms with Crippen molar-refractivity contribution in [2.75, 3.05) is 32.7 Å². The Labute approximate surface area is 138 Å². The number of likely N-dealkylation sites (tertiary alicyclic amines) is 2. The van der Waals surface area contributed by atoms with E-state index >= 15 is 0 Å². The lowest BCUT2D eigenvalue weighted by Gasteiger charge is -2.48. The van der Waals surface area contributed by atoms with Crippen LogP contribution >= 0.6 is 0 Å². The molecule has 2 fully saturated rings. The number of nitrogens with zero attached hydrogens (tertiary/aromatic N) is 2. The summed E-state index contributed by atoms with van der Waals surface area (Å²) < 4.78 is 0. The highest BCUT2D eigenvalue weighted by Gasteiger charge is 2.37. The van der Waals surface area contributed by atoms with E-state index in [4.69, 9.17) is 0 Å². The lowest BCUT2D eigenvalue weighted by atomic mass is 9.71. The fourth-order valence-corrected chi connectivity index (χ4v) is 4.11. The Kier molecular flexibility index (Phi) is 6.37. The summed E-state index contributed by atoms with van der Waals surface area (Å²) >= 11 is 0. The zero-order valence-electron chi connectivity index (χ0n) is 15.5. The molecule has 0 aromatic heterocycles. The highest BCUT2D eigenvalue weighted by molar-refractivity contribution is 5.01. The Morgan fingerprint density at radius 2 is 1.50 bits per heavy atom. The Morgan fingerprint density at radius 3 is 2.00 bits per heavy atom. The zero-order chi connectivity index (χ0) is 16.2. The van der Waals surface area contributed by atoms with Crippen LogP contribution < -0.4 is 0 Å². The van der Waals surface area contributed by atoms with Crippen molar-refractivity contribution in [2.24, 2.45) is 17.3 Å². The average molecular weight is 307 g/mol. The Morgan fingerprint density at radius 1 is 0.955 bits per heavy atom. The molecule has 2 aliphatic rings. The number of rotatable bonds is 6. The maximum absolute atomic E-state index is 4.29. The molecule has 2 rings (SSSR count). The molecule has 22 heavy (non-hydrogen) atoms. The van der Waals surface area contributed by atoms with Gasteiger partial charge in [0.1, 0.15) is 0 Å². The molecule has 0 aliphatic carbocycles. The van der Waals surface area contributed by atoms with Crippen LogP contribution in [-0.4, -0.2) is 42.5 Å². The maximum Gasteiger partial charge on any atom is 0.0180 e. The molecule has 0 N–H and O–H groups in total. The maximum atomic E-state index is 4.29. The van der Waals surface area contributed by atoms with Crippen molar-refractivity contribution in [3.05, 3.63) is 12.3 Å². The number of piperidine rings is 2. The summed E-state index contributed by atoms with van der Waals surface area (Å²) in [6.45, 7) is 20.0. The molecule has 0 saturated carbocycles. The lowest BCUT2D eigenvalue weighted by Crippen LogP contribution is -2.47. The summed E-state index contributed by atoms with van der Waals surface area (Å²) in [6.07, 6.45) is 8.39. The van der Waals surface area contributed by atoms with Gasteiger partial charge in [0.25, 0.3) is 0 Å². The van der Waals surface area contributed by atoms with E-state index < -0.39 is 0 Å². The summed E-state index contributed by atoms with van der Waals surface area (Å²) in [6, 6.07) is 0. The van der Waals surface area contributed by atoms with E-state index in [0.29, 0.717) is 11.3 Å². The van der Waals surface area contributed by atoms with Crippen molar-refractivity contribution in [3.8, 4) is 0 Å². The molecular weight excluding hydrogens is 268 g/mol. The second-order valence-electron chi connectivity index (χ2n) is 8.51. The molecule has 0 aromatic rings. The van der Waals surface area contributed by atoms with Gasteiger partial charge in [-0.2, -0.15) is 0 Å². The predicted octanol–water partition coefficient (Wildman–Crippen LogP) is 4.77. The van der Waals surface area contributed by atoms with Crippen LogP contribution in [0.15, 0.2) is 12.3 Å². The minimum Gasteiger partial charge on any atom is -0.375 e. The molecule has 128 valence electrons. The van der Waals surface area contributed by atoms with Crippen molar-refractivity contribution >= 4 is 0 Å². The zero-order valence-corrected chi connectivity index (χ0v) is 15.5. The molecular formula is C20H38N2. The molecule has 2 aliphatic heterocycles. The van der Waals surface area contributed by atoms with Gasteiger partial charge < -0.3 is 9.80 Å². The van der Waals surface area contributed by atoms with E-state index in [-0.39, 0.29) is 0 Å². The quantitative estimate of drug-likeness (QED) is 0.697. The van der Waals surface area contributed by atoms with Gasteiger partial charge >= 0.3 is 0 Å². The first kappa shape index (κ1) is 17.8. The van der Waals surface area contributed by atoms with Gasteiger partial charge in [-0.15, -0.1) is 0 Å². The number of hydrogen-bond acceptors (Lipinski definition) is 2. The topological polar surface area (TPSA) is 6.48 Å². The first-order valence-electron chi connectivity index (χ1n) is 9.58. The third-order valence-electron chi connectivity index (χ3n) is 6.07. The van der Waals surface area contributed by atoms with Gasteiger partial charge in [0.15, 0.2) is 0 Å². The lowest BCUT2D eigenvalue weighted by molar-refractivity contribution is 0.0419. The van der Waals surface area contributed by atoms with Gasteiger partial charge in [-0.1, -0.05) is 34.3 Å². The highest BCUT2D eigenvalue weighted by Crippen LogP contribution is 2.42. The predicted molar refractivity (Wildman–Crippen MR) is 97.0 cm³/mol. The summed E-state index contributed by atoms with van der Waals surface area (Å²) in [7, 11) is 0. The van der Waals surface area contributed by atoms with Gasteiger partial charge in [0, 0.05) is 18.8 Å². The fraction of sp³-hybridized carbons (Fsp3) is 0.900. The molecule has 0 atom stereocenters. The second kappa shape index (κ2) is 7.86. The smallest absolute Gasteiger partial charge is 0.0180 e. The SMILES string of the molecule is C=C(C(C)C)N1CCC2(CCN(CCCC(C)C)CC2)CC1. The molecule has 1 spiro atoms. The summed E-state index contributed by atoms with van der Waals surface area (Å²) in [5, 5.41) is 0. The van der Waals surface area contributed by atoms with Crippen molar-refractivity contribution in [2.45, 2.75) is 66.2 Å². The normalized spacial score (nSPS) is 22.7. The minimum absolute atomic E-state index is 0.594. The van der Waals surface area contributed by atoms with Crippen LogP contribution in [0.3, 0.4) is 0 Å². The highest BCUT2D eigenvalue weighted by atomic mass is 15.2. The average Bonchev–Trinajstić information content (AvgIpc) is 2.49. The second-order valence-corrected chi connectivity index (χ2v) is 8.51. The minimum atomic E-state index is 0.594. The van der Waals surface area contributed by atoms with Gasteiger partial charge in [-0.25, -0.2) is 0 Å². The monoisotopic (exact) mass is 306 g/mol. The molecule has 2 heteroatoms. The van der Waals surface area contributed by atoms with Gasteiger partial charge in [-0.05, 0) is 75.4 Å². The summed E-state index contributed by atoms with van der Waals surface area (Å²) in [5.41, 5.74) is 2.00. The first-order chi connectivity index (χ1) is 10.4. The molecule has 2 saturated heterocycles. The third kappa shape index (κ3) is 4.75. The van der Waals surface area contributed by atoms with Crippen LogP contribution in [-0.2, 0) is 0 Å². The van der Waals surface area contributed by atoms with Gasteiger partial charge in [-0.3, -0.25) is 0 Å². The van der Waals surface area contributed by atoms with Crippen LogP contribution in [0.25, 0.3) is 0 Å². The van der Waals surface area contributed by atoms with Gasteiger partial charge in [0.2, 0.25) is 0 Å². The van der Waals surface area contributed by atoms with Crippen LogP contribution in [0.4, 0.5) is 0 Å². The summed E-state index contributed by atoms with van der Waals surface area (Å²) in [5.74, 6) is 1.45. The van der Waals surface area contributed by atoms with Crippen molar-refractivity contribution in [1.29, 1.82) is 0 Å². The third-order valence-corrected chi connectivity index (χ3v) is 6.07. The van der Waals surface area contributed by atoms with Crippen LogP contribution in [0.5, 0.6) is 0 Å². The van der Waals surface area contributed by atoms with Crippen LogP contribution in [0, 0.1) is 17.3 Å². The molecule has 2 heterocycles. The Bertz CT molecular complexity index is 341. The molecule has 0 bridgehead atoms. The molecule has 0 unspecified atom stereocenters. The van der Waals surface area contributed by atoms with Crippen molar-refractivity contribution in [3.63, 3.8) is 0 Å².